The highest BCUT2D eigenvalue weighted by molar-refractivity contribution is 5.31. The van der Waals surface area contributed by atoms with Crippen LogP contribution in [0.4, 0.5) is 4.39 Å². The number of aromatic nitrogens is 1. The summed E-state index contributed by atoms with van der Waals surface area (Å²) in [4.78, 5) is 4.15. The van der Waals surface area contributed by atoms with Gasteiger partial charge in [-0.15, -0.1) is 0 Å². The van der Waals surface area contributed by atoms with Crippen molar-refractivity contribution in [3.63, 3.8) is 0 Å². The van der Waals surface area contributed by atoms with E-state index in [1.54, 1.807) is 12.3 Å². The number of rotatable bonds is 7. The number of hydrogen-bond donors (Lipinski definition) is 1. The maximum Gasteiger partial charge on any atom is 0.165 e. The lowest BCUT2D eigenvalue weighted by molar-refractivity contribution is 0.285. The van der Waals surface area contributed by atoms with Crippen LogP contribution in [0.5, 0.6) is 5.75 Å². The Morgan fingerprint density at radius 3 is 2.81 bits per heavy atom. The molecular weight excluding hydrogens is 267 g/mol. The summed E-state index contributed by atoms with van der Waals surface area (Å²) in [7, 11) is 0. The van der Waals surface area contributed by atoms with Crippen LogP contribution >= 0.6 is 0 Å². The van der Waals surface area contributed by atoms with Gasteiger partial charge in [-0.1, -0.05) is 19.1 Å². The molecule has 1 heterocycles. The molecule has 3 nitrogen and oxygen atoms in total. The molecule has 1 atom stereocenters. The first-order chi connectivity index (χ1) is 10.2. The van der Waals surface area contributed by atoms with E-state index < -0.39 is 0 Å². The van der Waals surface area contributed by atoms with Crippen molar-refractivity contribution >= 4 is 0 Å². The molecule has 0 aliphatic rings. The number of halogens is 1. The summed E-state index contributed by atoms with van der Waals surface area (Å²) in [5, 5.41) is 3.34. The van der Waals surface area contributed by atoms with Crippen molar-refractivity contribution in [1.29, 1.82) is 0 Å². The minimum absolute atomic E-state index is 0.129. The predicted molar refractivity (Wildman–Crippen MR) is 81.7 cm³/mol. The Labute approximate surface area is 125 Å². The van der Waals surface area contributed by atoms with Crippen LogP contribution in [0.3, 0.4) is 0 Å². The SMILES string of the molecule is CCCNC(C)c1ccc(OCc2ccccn2)c(F)c1. The van der Waals surface area contributed by atoms with E-state index in [0.717, 1.165) is 24.2 Å². The predicted octanol–water partition coefficient (Wildman–Crippen LogP) is 3.86. The zero-order chi connectivity index (χ0) is 15.1. The third-order valence-corrected chi connectivity index (χ3v) is 3.26. The molecular formula is C17H21FN2O. The van der Waals surface area contributed by atoms with Crippen LogP contribution in [0, 0.1) is 5.82 Å². The second-order valence-electron chi connectivity index (χ2n) is 4.98. The molecule has 0 aliphatic heterocycles. The highest BCUT2D eigenvalue weighted by Crippen LogP contribution is 2.22. The highest BCUT2D eigenvalue weighted by atomic mass is 19.1. The Balaban J connectivity index is 1.99. The monoisotopic (exact) mass is 288 g/mol. The molecule has 1 aromatic carbocycles. The molecule has 2 rings (SSSR count). The Morgan fingerprint density at radius 2 is 2.14 bits per heavy atom. The van der Waals surface area contributed by atoms with Crippen molar-refractivity contribution in [2.45, 2.75) is 32.9 Å². The second kappa shape index (κ2) is 7.74. The highest BCUT2D eigenvalue weighted by Gasteiger charge is 2.09. The van der Waals surface area contributed by atoms with Crippen LogP contribution in [-0.2, 0) is 6.61 Å². The van der Waals surface area contributed by atoms with Gasteiger partial charge < -0.3 is 10.1 Å². The van der Waals surface area contributed by atoms with Gasteiger partial charge in [0.2, 0.25) is 0 Å². The molecule has 0 amide bonds. The zero-order valence-corrected chi connectivity index (χ0v) is 12.5. The van der Waals surface area contributed by atoms with Crippen LogP contribution in [0.2, 0.25) is 0 Å². The normalized spacial score (nSPS) is 12.1. The quantitative estimate of drug-likeness (QED) is 0.840. The van der Waals surface area contributed by atoms with Crippen molar-refractivity contribution in [2.75, 3.05) is 6.54 Å². The molecule has 0 fully saturated rings. The van der Waals surface area contributed by atoms with Gasteiger partial charge in [-0.3, -0.25) is 4.98 Å². The van der Waals surface area contributed by atoms with Crippen molar-refractivity contribution in [3.8, 4) is 5.75 Å². The van der Waals surface area contributed by atoms with E-state index in [9.17, 15) is 4.39 Å². The number of nitrogens with zero attached hydrogens (tertiary/aromatic N) is 1. The van der Waals surface area contributed by atoms with Crippen LogP contribution < -0.4 is 10.1 Å². The van der Waals surface area contributed by atoms with Gasteiger partial charge in [-0.05, 0) is 49.7 Å². The third-order valence-electron chi connectivity index (χ3n) is 3.26. The van der Waals surface area contributed by atoms with E-state index in [1.165, 1.54) is 6.07 Å². The standard InChI is InChI=1S/C17H21FN2O/c1-3-9-19-13(2)14-7-8-17(16(18)11-14)21-12-15-6-4-5-10-20-15/h4-8,10-11,13,19H,3,9,12H2,1-2H3. The Bertz CT molecular complexity index is 560. The molecule has 0 saturated heterocycles. The molecule has 112 valence electrons. The van der Waals surface area contributed by atoms with Gasteiger partial charge in [-0.25, -0.2) is 4.39 Å². The van der Waals surface area contributed by atoms with Crippen molar-refractivity contribution in [3.05, 3.63) is 59.7 Å². The first-order valence-corrected chi connectivity index (χ1v) is 7.26. The maximum atomic E-state index is 14.1. The van der Waals surface area contributed by atoms with E-state index in [4.69, 9.17) is 4.74 Å². The lowest BCUT2D eigenvalue weighted by atomic mass is 10.1. The van der Waals surface area contributed by atoms with E-state index in [1.807, 2.05) is 31.2 Å². The number of pyridine rings is 1. The van der Waals surface area contributed by atoms with E-state index >= 15 is 0 Å². The number of benzene rings is 1. The smallest absolute Gasteiger partial charge is 0.165 e. The molecule has 4 heteroatoms. The zero-order valence-electron chi connectivity index (χ0n) is 12.5. The van der Waals surface area contributed by atoms with Crippen LogP contribution in [-0.4, -0.2) is 11.5 Å². The summed E-state index contributed by atoms with van der Waals surface area (Å²) in [5.74, 6) is -0.0827. The fourth-order valence-electron chi connectivity index (χ4n) is 2.02. The fourth-order valence-corrected chi connectivity index (χ4v) is 2.02. The van der Waals surface area contributed by atoms with Gasteiger partial charge in [-0.2, -0.15) is 0 Å². The molecule has 0 saturated carbocycles. The third kappa shape index (κ3) is 4.53. The minimum atomic E-state index is -0.339. The molecule has 1 aromatic heterocycles. The molecule has 1 unspecified atom stereocenters. The average molecular weight is 288 g/mol. The Morgan fingerprint density at radius 1 is 1.29 bits per heavy atom. The average Bonchev–Trinajstić information content (AvgIpc) is 2.52. The molecule has 0 aliphatic carbocycles. The lowest BCUT2D eigenvalue weighted by Gasteiger charge is -2.15. The van der Waals surface area contributed by atoms with Gasteiger partial charge in [0.25, 0.3) is 0 Å². The van der Waals surface area contributed by atoms with Gasteiger partial charge in [0.1, 0.15) is 6.61 Å². The summed E-state index contributed by atoms with van der Waals surface area (Å²) >= 11 is 0. The maximum absolute atomic E-state index is 14.1. The summed E-state index contributed by atoms with van der Waals surface area (Å²) in [6, 6.07) is 10.8. The summed E-state index contributed by atoms with van der Waals surface area (Å²) < 4.78 is 19.5. The van der Waals surface area contributed by atoms with Gasteiger partial charge >= 0.3 is 0 Å². The van der Waals surface area contributed by atoms with E-state index in [0.29, 0.717) is 0 Å². The molecule has 1 N–H and O–H groups in total. The summed E-state index contributed by atoms with van der Waals surface area (Å²) in [5.41, 5.74) is 1.70. The number of nitrogens with one attached hydrogen (secondary N) is 1. The summed E-state index contributed by atoms with van der Waals surface area (Å²) in [6.07, 6.45) is 2.75. The van der Waals surface area contributed by atoms with Crippen LogP contribution in [0.1, 0.15) is 37.6 Å². The number of hydrogen-bond acceptors (Lipinski definition) is 3. The first-order valence-electron chi connectivity index (χ1n) is 7.26. The topological polar surface area (TPSA) is 34.1 Å². The summed E-state index contributed by atoms with van der Waals surface area (Å²) in [6.45, 7) is 5.31. The van der Waals surface area contributed by atoms with Crippen molar-refractivity contribution in [2.24, 2.45) is 0 Å². The minimum Gasteiger partial charge on any atom is -0.484 e. The molecule has 2 aromatic rings. The van der Waals surface area contributed by atoms with Crippen LogP contribution in [0.15, 0.2) is 42.6 Å². The Kier molecular flexibility index (Phi) is 5.69. The Hall–Kier alpha value is -1.94. The van der Waals surface area contributed by atoms with Crippen LogP contribution in [0.25, 0.3) is 0 Å². The fraction of sp³-hybridized carbons (Fsp3) is 0.353. The molecule has 0 bridgehead atoms. The largest absolute Gasteiger partial charge is 0.484 e. The lowest BCUT2D eigenvalue weighted by Crippen LogP contribution is -2.19. The molecule has 0 radical (unpaired) electrons. The van der Waals surface area contributed by atoms with Gasteiger partial charge in [0, 0.05) is 12.2 Å². The number of ether oxygens (including phenoxy) is 1. The van der Waals surface area contributed by atoms with E-state index in [-0.39, 0.29) is 24.2 Å². The van der Waals surface area contributed by atoms with E-state index in [2.05, 4.69) is 17.2 Å². The van der Waals surface area contributed by atoms with Gasteiger partial charge in [0.15, 0.2) is 11.6 Å². The molecule has 21 heavy (non-hydrogen) atoms. The first kappa shape index (κ1) is 15.4. The van der Waals surface area contributed by atoms with Crippen molar-refractivity contribution < 1.29 is 9.13 Å². The van der Waals surface area contributed by atoms with Crippen molar-refractivity contribution in [1.82, 2.24) is 10.3 Å². The molecule has 0 spiro atoms. The van der Waals surface area contributed by atoms with Gasteiger partial charge in [0.05, 0.1) is 5.69 Å². The second-order valence-corrected chi connectivity index (χ2v) is 4.98.